The average molecular weight is 234 g/mol. The van der Waals surface area contributed by atoms with Crippen molar-refractivity contribution in [3.63, 3.8) is 0 Å². The van der Waals surface area contributed by atoms with E-state index in [-0.39, 0.29) is 0 Å². The number of thiol groups is 1. The van der Waals surface area contributed by atoms with Gasteiger partial charge in [0.05, 0.1) is 0 Å². The molecule has 0 fully saturated rings. The molecule has 86 valence electrons. The average Bonchev–Trinajstić information content (AvgIpc) is 2.67. The SMILES string of the molecule is CC(C)n1cc(CS)c2c(CN)cccc21. The van der Waals surface area contributed by atoms with E-state index < -0.39 is 0 Å². The van der Waals surface area contributed by atoms with Crippen molar-refractivity contribution in [1.82, 2.24) is 4.57 Å². The Bertz CT molecular complexity index is 500. The molecule has 0 atom stereocenters. The molecule has 0 unspecified atom stereocenters. The molecule has 1 aromatic heterocycles. The van der Waals surface area contributed by atoms with Gasteiger partial charge < -0.3 is 10.3 Å². The second-order valence-electron chi connectivity index (χ2n) is 4.33. The van der Waals surface area contributed by atoms with Crippen LogP contribution in [0.4, 0.5) is 0 Å². The second kappa shape index (κ2) is 4.52. The molecule has 0 aliphatic rings. The normalized spacial score (nSPS) is 11.6. The van der Waals surface area contributed by atoms with E-state index >= 15 is 0 Å². The maximum Gasteiger partial charge on any atom is 0.0489 e. The highest BCUT2D eigenvalue weighted by Gasteiger charge is 2.11. The Morgan fingerprint density at radius 2 is 2.06 bits per heavy atom. The Balaban J connectivity index is 2.79. The molecule has 1 aromatic carbocycles. The fourth-order valence-corrected chi connectivity index (χ4v) is 2.43. The summed E-state index contributed by atoms with van der Waals surface area (Å²) < 4.78 is 2.29. The molecule has 0 aliphatic carbocycles. The van der Waals surface area contributed by atoms with Crippen molar-refractivity contribution in [2.75, 3.05) is 0 Å². The van der Waals surface area contributed by atoms with E-state index in [9.17, 15) is 0 Å². The Kier molecular flexibility index (Phi) is 3.26. The molecule has 2 nitrogen and oxygen atoms in total. The molecule has 0 radical (unpaired) electrons. The minimum absolute atomic E-state index is 0.462. The summed E-state index contributed by atoms with van der Waals surface area (Å²) in [7, 11) is 0. The highest BCUT2D eigenvalue weighted by atomic mass is 32.1. The van der Waals surface area contributed by atoms with Gasteiger partial charge >= 0.3 is 0 Å². The quantitative estimate of drug-likeness (QED) is 0.786. The van der Waals surface area contributed by atoms with Crippen LogP contribution >= 0.6 is 12.6 Å². The predicted molar refractivity (Wildman–Crippen MR) is 72.9 cm³/mol. The summed E-state index contributed by atoms with van der Waals surface area (Å²) in [6.07, 6.45) is 2.20. The number of hydrogen-bond donors (Lipinski definition) is 2. The van der Waals surface area contributed by atoms with Crippen LogP contribution in [-0.2, 0) is 12.3 Å². The molecule has 0 amide bonds. The van der Waals surface area contributed by atoms with Crippen LogP contribution in [0.25, 0.3) is 10.9 Å². The molecule has 16 heavy (non-hydrogen) atoms. The minimum atomic E-state index is 0.462. The molecule has 0 bridgehead atoms. The first-order chi connectivity index (χ1) is 7.69. The molecule has 0 spiro atoms. The van der Waals surface area contributed by atoms with Gasteiger partial charge in [-0.3, -0.25) is 0 Å². The Morgan fingerprint density at radius 1 is 1.31 bits per heavy atom. The van der Waals surface area contributed by atoms with Crippen molar-refractivity contribution in [3.05, 3.63) is 35.5 Å². The number of aromatic nitrogens is 1. The molecule has 0 saturated heterocycles. The van der Waals surface area contributed by atoms with Gasteiger partial charge in [-0.25, -0.2) is 0 Å². The van der Waals surface area contributed by atoms with Crippen LogP contribution in [0.1, 0.15) is 31.0 Å². The van der Waals surface area contributed by atoms with E-state index in [1.807, 2.05) is 0 Å². The zero-order valence-corrected chi connectivity index (χ0v) is 10.7. The first-order valence-electron chi connectivity index (χ1n) is 5.61. The minimum Gasteiger partial charge on any atom is -0.345 e. The number of rotatable bonds is 3. The van der Waals surface area contributed by atoms with Gasteiger partial charge in [0.2, 0.25) is 0 Å². The molecular weight excluding hydrogens is 216 g/mol. The second-order valence-corrected chi connectivity index (χ2v) is 4.65. The van der Waals surface area contributed by atoms with Gasteiger partial charge in [0.1, 0.15) is 0 Å². The van der Waals surface area contributed by atoms with Gasteiger partial charge in [0.15, 0.2) is 0 Å². The van der Waals surface area contributed by atoms with E-state index in [2.05, 4.69) is 55.4 Å². The monoisotopic (exact) mass is 234 g/mol. The maximum atomic E-state index is 5.79. The number of nitrogens with zero attached hydrogens (tertiary/aromatic N) is 1. The summed E-state index contributed by atoms with van der Waals surface area (Å²) in [5, 5.41) is 1.29. The molecule has 2 N–H and O–H groups in total. The molecular formula is C13H18N2S. The third-order valence-corrected chi connectivity index (χ3v) is 3.31. The lowest BCUT2D eigenvalue weighted by Crippen LogP contribution is -1.99. The fraction of sp³-hybridized carbons (Fsp3) is 0.385. The third kappa shape index (κ3) is 1.74. The lowest BCUT2D eigenvalue weighted by molar-refractivity contribution is 0.621. The Hall–Kier alpha value is -0.930. The first kappa shape index (κ1) is 11.6. The van der Waals surface area contributed by atoms with E-state index in [4.69, 9.17) is 5.73 Å². The number of nitrogens with two attached hydrogens (primary N) is 1. The molecule has 2 aromatic rings. The summed E-state index contributed by atoms with van der Waals surface area (Å²) in [6.45, 7) is 4.97. The molecule has 0 saturated carbocycles. The van der Waals surface area contributed by atoms with Crippen LogP contribution in [0.15, 0.2) is 24.4 Å². The van der Waals surface area contributed by atoms with Crippen molar-refractivity contribution in [3.8, 4) is 0 Å². The van der Waals surface area contributed by atoms with Gasteiger partial charge in [-0.1, -0.05) is 12.1 Å². The summed E-state index contributed by atoms with van der Waals surface area (Å²) >= 11 is 4.40. The number of fused-ring (bicyclic) bond motifs is 1. The maximum absolute atomic E-state index is 5.79. The third-order valence-electron chi connectivity index (χ3n) is 2.97. The van der Waals surface area contributed by atoms with Crippen molar-refractivity contribution in [1.29, 1.82) is 0 Å². The Labute approximate surface area is 102 Å². The van der Waals surface area contributed by atoms with E-state index in [0.29, 0.717) is 12.6 Å². The van der Waals surface area contributed by atoms with Crippen LogP contribution in [-0.4, -0.2) is 4.57 Å². The molecule has 3 heteroatoms. The van der Waals surface area contributed by atoms with Crippen LogP contribution < -0.4 is 5.73 Å². The molecule has 2 rings (SSSR count). The number of hydrogen-bond acceptors (Lipinski definition) is 2. The van der Waals surface area contributed by atoms with Gasteiger partial charge in [0.25, 0.3) is 0 Å². The lowest BCUT2D eigenvalue weighted by atomic mass is 10.1. The van der Waals surface area contributed by atoms with Gasteiger partial charge in [0, 0.05) is 35.4 Å². The van der Waals surface area contributed by atoms with E-state index in [1.54, 1.807) is 0 Å². The summed E-state index contributed by atoms with van der Waals surface area (Å²) in [5.41, 5.74) is 9.54. The van der Waals surface area contributed by atoms with Gasteiger partial charge in [-0.15, -0.1) is 0 Å². The van der Waals surface area contributed by atoms with Crippen LogP contribution in [0.3, 0.4) is 0 Å². The van der Waals surface area contributed by atoms with Crippen molar-refractivity contribution < 1.29 is 0 Å². The number of benzene rings is 1. The highest BCUT2D eigenvalue weighted by Crippen LogP contribution is 2.28. The van der Waals surface area contributed by atoms with Gasteiger partial charge in [-0.05, 0) is 31.0 Å². The summed E-state index contributed by atoms with van der Waals surface area (Å²) in [4.78, 5) is 0. The predicted octanol–water partition coefficient (Wildman–Crippen LogP) is 3.11. The van der Waals surface area contributed by atoms with Crippen molar-refractivity contribution in [2.24, 2.45) is 5.73 Å². The van der Waals surface area contributed by atoms with Crippen molar-refractivity contribution >= 4 is 23.5 Å². The first-order valence-corrected chi connectivity index (χ1v) is 6.24. The zero-order chi connectivity index (χ0) is 11.7. The van der Waals surface area contributed by atoms with E-state index in [0.717, 1.165) is 5.75 Å². The van der Waals surface area contributed by atoms with Crippen LogP contribution in [0, 0.1) is 0 Å². The van der Waals surface area contributed by atoms with E-state index in [1.165, 1.54) is 22.0 Å². The lowest BCUT2D eigenvalue weighted by Gasteiger charge is -2.09. The fourth-order valence-electron chi connectivity index (χ4n) is 2.19. The van der Waals surface area contributed by atoms with Crippen LogP contribution in [0.2, 0.25) is 0 Å². The van der Waals surface area contributed by atoms with Gasteiger partial charge in [-0.2, -0.15) is 12.6 Å². The molecule has 1 heterocycles. The van der Waals surface area contributed by atoms with Crippen molar-refractivity contribution in [2.45, 2.75) is 32.2 Å². The molecule has 0 aliphatic heterocycles. The Morgan fingerprint density at radius 3 is 2.62 bits per heavy atom. The van der Waals surface area contributed by atoms with Crippen LogP contribution in [0.5, 0.6) is 0 Å². The smallest absolute Gasteiger partial charge is 0.0489 e. The highest BCUT2D eigenvalue weighted by molar-refractivity contribution is 7.79. The summed E-state index contributed by atoms with van der Waals surface area (Å²) in [6, 6.07) is 6.79. The topological polar surface area (TPSA) is 30.9 Å². The summed E-state index contributed by atoms with van der Waals surface area (Å²) in [5.74, 6) is 0.757. The zero-order valence-electron chi connectivity index (χ0n) is 9.77. The standard InChI is InChI=1S/C13H18N2S/c1-9(2)15-7-11(8-16)13-10(6-14)4-3-5-12(13)15/h3-5,7,9,16H,6,8,14H2,1-2H3. The largest absolute Gasteiger partial charge is 0.345 e.